The van der Waals surface area contributed by atoms with Gasteiger partial charge in [-0.25, -0.2) is 0 Å². The highest BCUT2D eigenvalue weighted by Gasteiger charge is 2.46. The molecule has 0 radical (unpaired) electrons. The predicted octanol–water partition coefficient (Wildman–Crippen LogP) is 2.69. The fourth-order valence-corrected chi connectivity index (χ4v) is 4.94. The molecule has 0 aromatic heterocycles. The van der Waals surface area contributed by atoms with Crippen molar-refractivity contribution < 1.29 is 9.59 Å². The standard InChI is InChI=1S/C20H29N3O2S2/c1-5-22(6-2)12-13-23-18(25)17(20(3,4)27-19(23)26)21-16(24)14-15-10-8-7-9-11-15/h7-11,17H,5-6,12-14H2,1-4H3,(H,21,24). The van der Waals surface area contributed by atoms with Crippen molar-refractivity contribution in [1.82, 2.24) is 15.1 Å². The predicted molar refractivity (Wildman–Crippen MR) is 116 cm³/mol. The molecular weight excluding hydrogens is 378 g/mol. The van der Waals surface area contributed by atoms with Gasteiger partial charge in [0, 0.05) is 17.8 Å². The molecule has 1 fully saturated rings. The summed E-state index contributed by atoms with van der Waals surface area (Å²) in [5.74, 6) is -0.262. The largest absolute Gasteiger partial charge is 0.343 e. The number of carbonyl (C=O) groups is 2. The smallest absolute Gasteiger partial charge is 0.252 e. The molecule has 1 aliphatic heterocycles. The lowest BCUT2D eigenvalue weighted by atomic mass is 10.0. The second-order valence-corrected chi connectivity index (χ2v) is 9.44. The van der Waals surface area contributed by atoms with Crippen molar-refractivity contribution in [3.05, 3.63) is 35.9 Å². The summed E-state index contributed by atoms with van der Waals surface area (Å²) in [6.07, 6.45) is 0.259. The summed E-state index contributed by atoms with van der Waals surface area (Å²) in [6.45, 7) is 11.3. The van der Waals surface area contributed by atoms with E-state index in [1.165, 1.54) is 11.8 Å². The SMILES string of the molecule is CCN(CC)CCN1C(=O)C(NC(=O)Cc2ccccc2)C(C)(C)SC1=S. The molecular formula is C20H29N3O2S2. The molecule has 7 heteroatoms. The molecule has 1 aliphatic rings. The number of carbonyl (C=O) groups excluding carboxylic acids is 2. The Morgan fingerprint density at radius 1 is 1.26 bits per heavy atom. The molecule has 148 valence electrons. The molecule has 1 atom stereocenters. The third kappa shape index (κ3) is 5.77. The molecule has 2 rings (SSSR count). The number of thioether (sulfide) groups is 1. The van der Waals surface area contributed by atoms with Crippen molar-refractivity contribution in [2.45, 2.75) is 44.9 Å². The normalized spacial score (nSPS) is 19.4. The van der Waals surface area contributed by atoms with Crippen molar-refractivity contribution in [2.24, 2.45) is 0 Å². The quantitative estimate of drug-likeness (QED) is 0.672. The third-order valence-corrected chi connectivity index (χ3v) is 6.45. The van der Waals surface area contributed by atoms with Crippen LogP contribution in [0.15, 0.2) is 30.3 Å². The summed E-state index contributed by atoms with van der Waals surface area (Å²) in [5.41, 5.74) is 0.928. The average Bonchev–Trinajstić information content (AvgIpc) is 2.62. The van der Waals surface area contributed by atoms with E-state index in [1.807, 2.05) is 44.2 Å². The third-order valence-electron chi connectivity index (χ3n) is 4.83. The zero-order valence-corrected chi connectivity index (χ0v) is 18.2. The Balaban J connectivity index is 2.07. The zero-order valence-electron chi connectivity index (χ0n) is 16.5. The van der Waals surface area contributed by atoms with Crippen LogP contribution in [-0.4, -0.2) is 62.9 Å². The van der Waals surface area contributed by atoms with Gasteiger partial charge in [0.15, 0.2) is 0 Å². The lowest BCUT2D eigenvalue weighted by Crippen LogP contribution is -2.63. The molecule has 5 nitrogen and oxygen atoms in total. The number of hydrogen-bond donors (Lipinski definition) is 1. The van der Waals surface area contributed by atoms with Gasteiger partial charge in [-0.15, -0.1) is 0 Å². The van der Waals surface area contributed by atoms with Crippen LogP contribution in [0.25, 0.3) is 0 Å². The van der Waals surface area contributed by atoms with E-state index in [0.29, 0.717) is 10.9 Å². The summed E-state index contributed by atoms with van der Waals surface area (Å²) in [7, 11) is 0. The Labute approximate surface area is 171 Å². The van der Waals surface area contributed by atoms with Crippen LogP contribution in [0, 0.1) is 0 Å². The molecule has 1 heterocycles. The highest BCUT2D eigenvalue weighted by molar-refractivity contribution is 8.24. The van der Waals surface area contributed by atoms with E-state index in [2.05, 4.69) is 24.1 Å². The number of benzene rings is 1. The number of rotatable bonds is 8. The lowest BCUT2D eigenvalue weighted by molar-refractivity contribution is -0.134. The molecule has 1 aromatic carbocycles. The maximum absolute atomic E-state index is 13.1. The Bertz CT molecular complexity index is 675. The summed E-state index contributed by atoms with van der Waals surface area (Å²) in [6, 6.07) is 8.95. The van der Waals surface area contributed by atoms with Crippen molar-refractivity contribution in [3.8, 4) is 0 Å². The second-order valence-electron chi connectivity index (χ2n) is 7.15. The number of thiocarbonyl (C=S) groups is 1. The van der Waals surface area contributed by atoms with Gasteiger partial charge < -0.3 is 10.2 Å². The summed E-state index contributed by atoms with van der Waals surface area (Å²) in [5, 5.41) is 2.95. The molecule has 1 unspecified atom stereocenters. The average molecular weight is 408 g/mol. The molecule has 2 amide bonds. The van der Waals surface area contributed by atoms with Gasteiger partial charge in [0.2, 0.25) is 5.91 Å². The molecule has 27 heavy (non-hydrogen) atoms. The van der Waals surface area contributed by atoms with Crippen LogP contribution in [0.2, 0.25) is 0 Å². The van der Waals surface area contributed by atoms with Crippen LogP contribution in [0.4, 0.5) is 0 Å². The van der Waals surface area contributed by atoms with Crippen LogP contribution in [0.5, 0.6) is 0 Å². The van der Waals surface area contributed by atoms with Crippen molar-refractivity contribution in [1.29, 1.82) is 0 Å². The van der Waals surface area contributed by atoms with Gasteiger partial charge in [0.25, 0.3) is 5.91 Å². The van der Waals surface area contributed by atoms with Gasteiger partial charge in [-0.1, -0.05) is 68.2 Å². The Morgan fingerprint density at radius 2 is 1.89 bits per heavy atom. The van der Waals surface area contributed by atoms with Gasteiger partial charge in [-0.3, -0.25) is 14.5 Å². The number of amides is 2. The monoisotopic (exact) mass is 407 g/mol. The maximum Gasteiger partial charge on any atom is 0.252 e. The summed E-state index contributed by atoms with van der Waals surface area (Å²) < 4.78 is 0.109. The van der Waals surface area contributed by atoms with Crippen molar-refractivity contribution >= 4 is 40.1 Å². The summed E-state index contributed by atoms with van der Waals surface area (Å²) >= 11 is 6.97. The minimum absolute atomic E-state index is 0.114. The van der Waals surface area contributed by atoms with E-state index in [1.54, 1.807) is 4.90 Å². The molecule has 0 saturated carbocycles. The van der Waals surface area contributed by atoms with Gasteiger partial charge in [0.05, 0.1) is 6.42 Å². The Kier molecular flexibility index (Phi) is 7.82. The van der Waals surface area contributed by atoms with E-state index in [4.69, 9.17) is 12.2 Å². The van der Waals surface area contributed by atoms with Crippen molar-refractivity contribution in [2.75, 3.05) is 26.2 Å². The molecule has 0 aliphatic carbocycles. The molecule has 0 spiro atoms. The first kappa shape index (κ1) is 21.9. The molecule has 1 aromatic rings. The summed E-state index contributed by atoms with van der Waals surface area (Å²) in [4.78, 5) is 29.6. The van der Waals surface area contributed by atoms with E-state index in [0.717, 1.165) is 25.2 Å². The van der Waals surface area contributed by atoms with Gasteiger partial charge in [-0.05, 0) is 32.5 Å². The number of likely N-dealkylation sites (N-methyl/N-ethyl adjacent to an activating group) is 1. The van der Waals surface area contributed by atoms with E-state index < -0.39 is 10.8 Å². The fourth-order valence-electron chi connectivity index (χ4n) is 3.09. The van der Waals surface area contributed by atoms with Crippen LogP contribution in [0.1, 0.15) is 33.3 Å². The number of nitrogens with zero attached hydrogens (tertiary/aromatic N) is 2. The number of nitrogens with one attached hydrogen (secondary N) is 1. The number of hydrogen-bond acceptors (Lipinski definition) is 5. The van der Waals surface area contributed by atoms with Crippen molar-refractivity contribution in [3.63, 3.8) is 0 Å². The van der Waals surface area contributed by atoms with E-state index in [-0.39, 0.29) is 18.2 Å². The fraction of sp³-hybridized carbons (Fsp3) is 0.550. The van der Waals surface area contributed by atoms with Gasteiger partial charge in [0.1, 0.15) is 10.4 Å². The Morgan fingerprint density at radius 3 is 2.48 bits per heavy atom. The first-order valence-electron chi connectivity index (χ1n) is 9.38. The first-order valence-corrected chi connectivity index (χ1v) is 10.6. The molecule has 1 saturated heterocycles. The van der Waals surface area contributed by atoms with Crippen LogP contribution in [0.3, 0.4) is 0 Å². The maximum atomic E-state index is 13.1. The topological polar surface area (TPSA) is 52.6 Å². The molecule has 0 bridgehead atoms. The van der Waals surface area contributed by atoms with E-state index in [9.17, 15) is 9.59 Å². The highest BCUT2D eigenvalue weighted by Crippen LogP contribution is 2.36. The lowest BCUT2D eigenvalue weighted by Gasteiger charge is -2.43. The second kappa shape index (κ2) is 9.66. The zero-order chi connectivity index (χ0) is 20.0. The highest BCUT2D eigenvalue weighted by atomic mass is 32.2. The van der Waals surface area contributed by atoms with Crippen LogP contribution < -0.4 is 5.32 Å². The van der Waals surface area contributed by atoms with Gasteiger partial charge in [-0.2, -0.15) is 0 Å². The minimum atomic E-state index is -0.595. The van der Waals surface area contributed by atoms with E-state index >= 15 is 0 Å². The van der Waals surface area contributed by atoms with Crippen LogP contribution in [-0.2, 0) is 16.0 Å². The van der Waals surface area contributed by atoms with Gasteiger partial charge >= 0.3 is 0 Å². The van der Waals surface area contributed by atoms with Crippen LogP contribution >= 0.6 is 24.0 Å². The first-order chi connectivity index (χ1) is 12.8. The molecule has 1 N–H and O–H groups in total. The Hall–Kier alpha value is -1.44. The minimum Gasteiger partial charge on any atom is -0.343 e.